The topological polar surface area (TPSA) is 28.4 Å². The molecule has 1 aromatic heterocycles. The van der Waals surface area contributed by atoms with E-state index in [2.05, 4.69) is 22.3 Å². The van der Waals surface area contributed by atoms with Gasteiger partial charge in [-0.25, -0.2) is 0 Å². The molecule has 2 aliphatic heterocycles. The molecule has 98 valence electrons. The lowest BCUT2D eigenvalue weighted by Gasteiger charge is -2.21. The Hall–Kier alpha value is -0.220. The van der Waals surface area contributed by atoms with Crippen LogP contribution in [-0.2, 0) is 6.54 Å². The van der Waals surface area contributed by atoms with Gasteiger partial charge in [0.05, 0.1) is 6.54 Å². The molecule has 1 N–H and O–H groups in total. The maximum absolute atomic E-state index is 5.63. The van der Waals surface area contributed by atoms with Crippen molar-refractivity contribution in [3.05, 3.63) is 23.7 Å². The lowest BCUT2D eigenvalue weighted by Crippen LogP contribution is -2.33. The summed E-state index contributed by atoms with van der Waals surface area (Å²) in [6, 6.07) is 5.64. The number of rotatable bonds is 2. The maximum atomic E-state index is 5.63. The summed E-state index contributed by atoms with van der Waals surface area (Å²) < 4.78 is 5.63. The largest absolute Gasteiger partial charge is 0.465 e. The fraction of sp³-hybridized carbons (Fsp3) is 0.667. The Morgan fingerprint density at radius 2 is 2.18 bits per heavy atom. The van der Waals surface area contributed by atoms with Crippen molar-refractivity contribution in [1.29, 1.82) is 0 Å². The standard InChI is InChI=1S/C12H18N2O.2ClH/c1-9-2-3-10(15-9)8-14-7-5-11-12(14)4-6-13-11;;/h2-3,11-13H,4-8H2,1H3;2*1H/t11-,12+;;/m1../s1. The molecular weight excluding hydrogens is 259 g/mol. The van der Waals surface area contributed by atoms with Gasteiger partial charge in [-0.1, -0.05) is 0 Å². The molecule has 0 spiro atoms. The van der Waals surface area contributed by atoms with Crippen molar-refractivity contribution < 1.29 is 4.42 Å². The minimum Gasteiger partial charge on any atom is -0.465 e. The number of likely N-dealkylation sites (tertiary alicyclic amines) is 1. The molecule has 3 nitrogen and oxygen atoms in total. The van der Waals surface area contributed by atoms with Crippen molar-refractivity contribution in [1.82, 2.24) is 10.2 Å². The molecule has 2 saturated heterocycles. The summed E-state index contributed by atoms with van der Waals surface area (Å²) in [6.45, 7) is 5.38. The van der Waals surface area contributed by atoms with E-state index in [0.717, 1.165) is 30.1 Å². The minimum absolute atomic E-state index is 0. The van der Waals surface area contributed by atoms with E-state index in [1.807, 2.05) is 6.92 Å². The van der Waals surface area contributed by atoms with Crippen LogP contribution in [0.2, 0.25) is 0 Å². The van der Waals surface area contributed by atoms with Crippen LogP contribution in [0.1, 0.15) is 24.4 Å². The SMILES string of the molecule is Cc1ccc(CN2CC[C@H]3NCC[C@@H]32)o1.Cl.Cl. The summed E-state index contributed by atoms with van der Waals surface area (Å²) in [4.78, 5) is 2.56. The van der Waals surface area contributed by atoms with E-state index in [0.29, 0.717) is 0 Å². The van der Waals surface area contributed by atoms with Gasteiger partial charge >= 0.3 is 0 Å². The van der Waals surface area contributed by atoms with Gasteiger partial charge in [0.25, 0.3) is 0 Å². The van der Waals surface area contributed by atoms with Crippen molar-refractivity contribution in [2.45, 2.75) is 38.4 Å². The van der Waals surface area contributed by atoms with Crippen LogP contribution in [0.5, 0.6) is 0 Å². The molecule has 2 atom stereocenters. The van der Waals surface area contributed by atoms with Crippen LogP contribution in [0.25, 0.3) is 0 Å². The molecule has 0 unspecified atom stereocenters. The zero-order valence-electron chi connectivity index (χ0n) is 10.0. The number of furan rings is 1. The number of hydrogen-bond acceptors (Lipinski definition) is 3. The molecule has 3 rings (SSSR count). The van der Waals surface area contributed by atoms with Crippen molar-refractivity contribution in [3.8, 4) is 0 Å². The first-order valence-electron chi connectivity index (χ1n) is 5.86. The van der Waals surface area contributed by atoms with Gasteiger partial charge in [-0.2, -0.15) is 0 Å². The van der Waals surface area contributed by atoms with Gasteiger partial charge in [0.15, 0.2) is 0 Å². The van der Waals surface area contributed by atoms with Gasteiger partial charge in [0, 0.05) is 18.6 Å². The summed E-state index contributed by atoms with van der Waals surface area (Å²) in [5, 5.41) is 3.57. The molecule has 5 heteroatoms. The molecule has 2 fully saturated rings. The molecule has 0 radical (unpaired) electrons. The number of halogens is 2. The second kappa shape index (κ2) is 6.10. The van der Waals surface area contributed by atoms with Gasteiger partial charge in [0.1, 0.15) is 11.5 Å². The normalized spacial score (nSPS) is 27.4. The predicted octanol–water partition coefficient (Wildman–Crippen LogP) is 2.37. The van der Waals surface area contributed by atoms with E-state index in [9.17, 15) is 0 Å². The molecule has 2 aliphatic rings. The van der Waals surface area contributed by atoms with Gasteiger partial charge in [-0.05, 0) is 38.4 Å². The quantitative estimate of drug-likeness (QED) is 0.901. The van der Waals surface area contributed by atoms with Crippen molar-refractivity contribution in [2.24, 2.45) is 0 Å². The van der Waals surface area contributed by atoms with Crippen LogP contribution >= 0.6 is 24.8 Å². The predicted molar refractivity (Wildman–Crippen MR) is 73.2 cm³/mol. The van der Waals surface area contributed by atoms with E-state index in [4.69, 9.17) is 4.42 Å². The molecule has 0 amide bonds. The second-order valence-electron chi connectivity index (χ2n) is 4.69. The van der Waals surface area contributed by atoms with Crippen molar-refractivity contribution in [3.63, 3.8) is 0 Å². The Labute approximate surface area is 115 Å². The zero-order chi connectivity index (χ0) is 10.3. The van der Waals surface area contributed by atoms with Crippen LogP contribution in [0.4, 0.5) is 0 Å². The van der Waals surface area contributed by atoms with E-state index in [1.165, 1.54) is 25.9 Å². The first kappa shape index (κ1) is 14.8. The number of fused-ring (bicyclic) bond motifs is 1. The van der Waals surface area contributed by atoms with Gasteiger partial charge < -0.3 is 9.73 Å². The van der Waals surface area contributed by atoms with Crippen LogP contribution in [0.3, 0.4) is 0 Å². The Kier molecular flexibility index (Phi) is 5.32. The first-order valence-corrected chi connectivity index (χ1v) is 5.86. The maximum Gasteiger partial charge on any atom is 0.118 e. The fourth-order valence-electron chi connectivity index (χ4n) is 2.92. The number of hydrogen-bond donors (Lipinski definition) is 1. The average Bonchev–Trinajstić information content (AvgIpc) is 2.85. The molecule has 0 bridgehead atoms. The van der Waals surface area contributed by atoms with E-state index in [1.54, 1.807) is 0 Å². The highest BCUT2D eigenvalue weighted by Crippen LogP contribution is 2.26. The first-order chi connectivity index (χ1) is 7.33. The average molecular weight is 279 g/mol. The number of nitrogens with zero attached hydrogens (tertiary/aromatic N) is 1. The van der Waals surface area contributed by atoms with Gasteiger partial charge in [-0.3, -0.25) is 4.90 Å². The van der Waals surface area contributed by atoms with Gasteiger partial charge in [-0.15, -0.1) is 24.8 Å². The number of nitrogens with one attached hydrogen (secondary N) is 1. The third-order valence-corrected chi connectivity index (χ3v) is 3.66. The Morgan fingerprint density at radius 3 is 2.88 bits per heavy atom. The van der Waals surface area contributed by atoms with Crippen LogP contribution in [-0.4, -0.2) is 30.1 Å². The molecular formula is C12H20Cl2N2O. The van der Waals surface area contributed by atoms with Crippen molar-refractivity contribution >= 4 is 24.8 Å². The summed E-state index contributed by atoms with van der Waals surface area (Å²) in [5.74, 6) is 2.13. The molecule has 0 saturated carbocycles. The summed E-state index contributed by atoms with van der Waals surface area (Å²) >= 11 is 0. The van der Waals surface area contributed by atoms with E-state index in [-0.39, 0.29) is 24.8 Å². The number of aryl methyl sites for hydroxylation is 1. The van der Waals surface area contributed by atoms with Gasteiger partial charge in [0.2, 0.25) is 0 Å². The molecule has 1 aromatic rings. The monoisotopic (exact) mass is 278 g/mol. The summed E-state index contributed by atoms with van der Waals surface area (Å²) in [5.41, 5.74) is 0. The highest BCUT2D eigenvalue weighted by Gasteiger charge is 2.37. The molecule has 0 aromatic carbocycles. The third-order valence-electron chi connectivity index (χ3n) is 3.66. The van der Waals surface area contributed by atoms with Crippen LogP contribution in [0.15, 0.2) is 16.5 Å². The third kappa shape index (κ3) is 2.97. The van der Waals surface area contributed by atoms with E-state index < -0.39 is 0 Å². The lowest BCUT2D eigenvalue weighted by molar-refractivity contribution is 0.224. The molecule has 17 heavy (non-hydrogen) atoms. The summed E-state index contributed by atoms with van der Waals surface area (Å²) in [6.07, 6.45) is 2.59. The molecule has 3 heterocycles. The Bertz CT molecular complexity index is 356. The Balaban J connectivity index is 0.000000722. The highest BCUT2D eigenvalue weighted by atomic mass is 35.5. The van der Waals surface area contributed by atoms with Crippen molar-refractivity contribution in [2.75, 3.05) is 13.1 Å². The Morgan fingerprint density at radius 1 is 1.35 bits per heavy atom. The molecule has 0 aliphatic carbocycles. The van der Waals surface area contributed by atoms with E-state index >= 15 is 0 Å². The zero-order valence-corrected chi connectivity index (χ0v) is 11.6. The van der Waals surface area contributed by atoms with Crippen LogP contribution < -0.4 is 5.32 Å². The minimum atomic E-state index is 0. The second-order valence-corrected chi connectivity index (χ2v) is 4.69. The van der Waals surface area contributed by atoms with Crippen LogP contribution in [0, 0.1) is 6.92 Å². The fourth-order valence-corrected chi connectivity index (χ4v) is 2.92. The smallest absolute Gasteiger partial charge is 0.118 e. The highest BCUT2D eigenvalue weighted by molar-refractivity contribution is 5.85. The summed E-state index contributed by atoms with van der Waals surface area (Å²) in [7, 11) is 0. The lowest BCUT2D eigenvalue weighted by atomic mass is 10.1.